The number of likely N-dealkylation sites (N-methyl/N-ethyl adjacent to an activating group) is 1. The van der Waals surface area contributed by atoms with Gasteiger partial charge in [-0.25, -0.2) is 4.98 Å². The summed E-state index contributed by atoms with van der Waals surface area (Å²) in [6.45, 7) is 1.94. The number of nitrogens with one attached hydrogen (secondary N) is 3. The highest BCUT2D eigenvalue weighted by atomic mass is 16.2. The molecule has 2 aliphatic rings. The zero-order valence-corrected chi connectivity index (χ0v) is 17.5. The molecular formula is C21H31N7O2. The lowest BCUT2D eigenvalue weighted by Gasteiger charge is -2.26. The summed E-state index contributed by atoms with van der Waals surface area (Å²) in [6, 6.07) is 2.41. The fraction of sp³-hybridized carbons (Fsp3) is 0.619. The Hall–Kier alpha value is -2.68. The fourth-order valence-electron chi connectivity index (χ4n) is 4.36. The van der Waals surface area contributed by atoms with Crippen molar-refractivity contribution in [2.24, 2.45) is 5.41 Å². The van der Waals surface area contributed by atoms with Gasteiger partial charge in [-0.1, -0.05) is 0 Å². The van der Waals surface area contributed by atoms with E-state index in [1.165, 1.54) is 0 Å². The van der Waals surface area contributed by atoms with Crippen LogP contribution in [0.25, 0.3) is 0 Å². The Morgan fingerprint density at radius 2 is 2.07 bits per heavy atom. The SMILES string of the molecule is CN1[C@@H](CC(=O)NCCc2ccn[nH]2)CC[C@H]1CNC(=O)C1(Cn2ccnc2)CC1. The first-order chi connectivity index (χ1) is 14.6. The fourth-order valence-corrected chi connectivity index (χ4v) is 4.36. The molecule has 2 amide bonds. The largest absolute Gasteiger partial charge is 0.356 e. The van der Waals surface area contributed by atoms with Crippen LogP contribution in [0.5, 0.6) is 0 Å². The van der Waals surface area contributed by atoms with Gasteiger partial charge in [-0.05, 0) is 38.8 Å². The smallest absolute Gasteiger partial charge is 0.228 e. The van der Waals surface area contributed by atoms with E-state index in [9.17, 15) is 9.59 Å². The quantitative estimate of drug-likeness (QED) is 0.532. The topological polar surface area (TPSA) is 108 Å². The molecule has 30 heavy (non-hydrogen) atoms. The molecule has 1 saturated heterocycles. The lowest BCUT2D eigenvalue weighted by atomic mass is 10.1. The van der Waals surface area contributed by atoms with Gasteiger partial charge >= 0.3 is 0 Å². The Morgan fingerprint density at radius 1 is 1.23 bits per heavy atom. The van der Waals surface area contributed by atoms with Gasteiger partial charge < -0.3 is 15.2 Å². The highest BCUT2D eigenvalue weighted by Crippen LogP contribution is 2.47. The molecule has 0 radical (unpaired) electrons. The third-order valence-electron chi connectivity index (χ3n) is 6.56. The summed E-state index contributed by atoms with van der Waals surface area (Å²) in [5.41, 5.74) is 0.747. The van der Waals surface area contributed by atoms with E-state index in [2.05, 4.69) is 37.8 Å². The second-order valence-electron chi connectivity index (χ2n) is 8.66. The molecule has 0 aromatic carbocycles. The number of imidazole rings is 1. The summed E-state index contributed by atoms with van der Waals surface area (Å²) in [7, 11) is 2.06. The molecule has 2 aromatic heterocycles. The number of H-pyrrole nitrogens is 1. The Bertz CT molecular complexity index is 830. The Balaban J connectivity index is 1.17. The third kappa shape index (κ3) is 4.89. The van der Waals surface area contributed by atoms with E-state index < -0.39 is 0 Å². The lowest BCUT2D eigenvalue weighted by Crippen LogP contribution is -2.44. The molecule has 162 valence electrons. The summed E-state index contributed by atoms with van der Waals surface area (Å²) in [6.07, 6.45) is 12.2. The van der Waals surface area contributed by atoms with Crippen LogP contribution in [0.4, 0.5) is 0 Å². The first kappa shape index (κ1) is 20.6. The van der Waals surface area contributed by atoms with Crippen molar-refractivity contribution in [1.82, 2.24) is 35.3 Å². The minimum Gasteiger partial charge on any atom is -0.356 e. The molecule has 3 heterocycles. The van der Waals surface area contributed by atoms with Crippen molar-refractivity contribution in [2.45, 2.75) is 57.2 Å². The van der Waals surface area contributed by atoms with E-state index in [0.29, 0.717) is 26.1 Å². The maximum atomic E-state index is 12.8. The van der Waals surface area contributed by atoms with Crippen LogP contribution in [0.2, 0.25) is 0 Å². The first-order valence-electron chi connectivity index (χ1n) is 10.8. The first-order valence-corrected chi connectivity index (χ1v) is 10.8. The number of carbonyl (C=O) groups is 2. The number of hydrogen-bond donors (Lipinski definition) is 3. The van der Waals surface area contributed by atoms with Crippen LogP contribution in [0.15, 0.2) is 31.0 Å². The van der Waals surface area contributed by atoms with Gasteiger partial charge in [0.25, 0.3) is 0 Å². The zero-order chi connectivity index (χ0) is 21.0. The van der Waals surface area contributed by atoms with E-state index in [1.807, 2.05) is 16.8 Å². The van der Waals surface area contributed by atoms with Gasteiger partial charge in [0, 0.05) is 68.8 Å². The number of carbonyl (C=O) groups excluding carboxylic acids is 2. The molecule has 0 spiro atoms. The van der Waals surface area contributed by atoms with Crippen molar-refractivity contribution in [3.63, 3.8) is 0 Å². The molecule has 4 rings (SSSR count). The van der Waals surface area contributed by atoms with Crippen LogP contribution in [-0.2, 0) is 22.6 Å². The van der Waals surface area contributed by atoms with Crippen molar-refractivity contribution in [2.75, 3.05) is 20.1 Å². The number of likely N-dealkylation sites (tertiary alicyclic amines) is 1. The molecular weight excluding hydrogens is 382 g/mol. The normalized spacial score (nSPS) is 22.7. The number of amides is 2. The highest BCUT2D eigenvalue weighted by Gasteiger charge is 2.50. The minimum absolute atomic E-state index is 0.0771. The van der Waals surface area contributed by atoms with Gasteiger partial charge in [0.05, 0.1) is 11.7 Å². The van der Waals surface area contributed by atoms with Gasteiger partial charge in [-0.3, -0.25) is 19.6 Å². The average molecular weight is 414 g/mol. The van der Waals surface area contributed by atoms with E-state index in [0.717, 1.165) is 37.8 Å². The zero-order valence-electron chi connectivity index (χ0n) is 17.5. The van der Waals surface area contributed by atoms with Crippen molar-refractivity contribution in [1.29, 1.82) is 0 Å². The molecule has 9 nitrogen and oxygen atoms in total. The Labute approximate surface area is 176 Å². The maximum Gasteiger partial charge on any atom is 0.228 e. The van der Waals surface area contributed by atoms with Gasteiger partial charge in [-0.15, -0.1) is 0 Å². The van der Waals surface area contributed by atoms with Gasteiger partial charge in [-0.2, -0.15) is 5.10 Å². The summed E-state index contributed by atoms with van der Waals surface area (Å²) in [4.78, 5) is 31.4. The van der Waals surface area contributed by atoms with Gasteiger partial charge in [0.2, 0.25) is 11.8 Å². The van der Waals surface area contributed by atoms with Crippen molar-refractivity contribution in [3.8, 4) is 0 Å². The lowest BCUT2D eigenvalue weighted by molar-refractivity contribution is -0.127. The van der Waals surface area contributed by atoms with Crippen LogP contribution in [0.1, 0.15) is 37.8 Å². The third-order valence-corrected chi connectivity index (χ3v) is 6.56. The Kier molecular flexibility index (Phi) is 6.17. The number of aromatic amines is 1. The van der Waals surface area contributed by atoms with Crippen LogP contribution in [-0.4, -0.2) is 68.7 Å². The molecule has 2 fully saturated rings. The second kappa shape index (κ2) is 8.99. The van der Waals surface area contributed by atoms with E-state index in [-0.39, 0.29) is 29.3 Å². The molecule has 1 aliphatic heterocycles. The molecule has 2 atom stereocenters. The molecule has 2 aromatic rings. The number of hydrogen-bond acceptors (Lipinski definition) is 5. The van der Waals surface area contributed by atoms with Crippen molar-refractivity contribution < 1.29 is 9.59 Å². The summed E-state index contributed by atoms with van der Waals surface area (Å²) in [5.74, 6) is 0.220. The van der Waals surface area contributed by atoms with E-state index >= 15 is 0 Å². The average Bonchev–Trinajstić information content (AvgIpc) is 3.10. The molecule has 9 heteroatoms. The van der Waals surface area contributed by atoms with E-state index in [1.54, 1.807) is 18.7 Å². The van der Waals surface area contributed by atoms with Gasteiger partial charge in [0.15, 0.2) is 0 Å². The molecule has 0 unspecified atom stereocenters. The van der Waals surface area contributed by atoms with Gasteiger partial charge in [0.1, 0.15) is 0 Å². The number of nitrogens with zero attached hydrogens (tertiary/aromatic N) is 4. The van der Waals surface area contributed by atoms with Crippen LogP contribution >= 0.6 is 0 Å². The number of aromatic nitrogens is 4. The minimum atomic E-state index is -0.272. The van der Waals surface area contributed by atoms with Crippen molar-refractivity contribution >= 4 is 11.8 Å². The molecule has 3 N–H and O–H groups in total. The predicted molar refractivity (Wildman–Crippen MR) is 111 cm³/mol. The second-order valence-corrected chi connectivity index (χ2v) is 8.66. The summed E-state index contributed by atoms with van der Waals surface area (Å²) < 4.78 is 1.98. The Morgan fingerprint density at radius 3 is 2.77 bits per heavy atom. The standard InChI is InChI=1S/C21H31N7O2/c1-27-17(12-19(29)23-8-4-16-5-9-25-26-16)2-3-18(27)13-24-20(30)21(6-7-21)14-28-11-10-22-15-28/h5,9-11,15,17-18H,2-4,6-8,12-14H2,1H3,(H,23,29)(H,24,30)(H,25,26)/t17-,18+/m1/s1. The molecule has 0 bridgehead atoms. The predicted octanol–water partition coefficient (Wildman–Crippen LogP) is 0.714. The van der Waals surface area contributed by atoms with Crippen LogP contribution in [0.3, 0.4) is 0 Å². The molecule has 1 aliphatic carbocycles. The highest BCUT2D eigenvalue weighted by molar-refractivity contribution is 5.85. The van der Waals surface area contributed by atoms with Crippen molar-refractivity contribution in [3.05, 3.63) is 36.7 Å². The maximum absolute atomic E-state index is 12.8. The molecule has 1 saturated carbocycles. The van der Waals surface area contributed by atoms with Crippen LogP contribution in [0, 0.1) is 5.41 Å². The summed E-state index contributed by atoms with van der Waals surface area (Å²) >= 11 is 0. The monoisotopic (exact) mass is 413 g/mol. The summed E-state index contributed by atoms with van der Waals surface area (Å²) in [5, 5.41) is 13.0. The van der Waals surface area contributed by atoms with E-state index in [4.69, 9.17) is 0 Å². The number of rotatable bonds is 10. The van der Waals surface area contributed by atoms with Crippen LogP contribution < -0.4 is 10.6 Å².